The Kier molecular flexibility index (Phi) is 3.22. The van der Waals surface area contributed by atoms with Crippen LogP contribution in [0.1, 0.15) is 46.1 Å². The number of benzene rings is 1. The fraction of sp³-hybridized carbons (Fsp3) is 0.667. The van der Waals surface area contributed by atoms with Gasteiger partial charge in [-0.3, -0.25) is 4.84 Å². The van der Waals surface area contributed by atoms with Crippen LogP contribution in [0.4, 0.5) is 0 Å². The maximum atomic E-state index is 6.13. The SMILES string of the molecule is CC1CC(C)(c2ccccc2)CC2C1N(C)OC2(C)C. The van der Waals surface area contributed by atoms with E-state index in [9.17, 15) is 0 Å². The highest BCUT2D eigenvalue weighted by molar-refractivity contribution is 5.27. The number of hydroxylamine groups is 2. The highest BCUT2D eigenvalue weighted by Crippen LogP contribution is 2.52. The van der Waals surface area contributed by atoms with E-state index in [1.165, 1.54) is 18.4 Å². The average molecular weight is 273 g/mol. The highest BCUT2D eigenvalue weighted by Gasteiger charge is 2.55. The smallest absolute Gasteiger partial charge is 0.0887 e. The van der Waals surface area contributed by atoms with Crippen LogP contribution in [-0.4, -0.2) is 23.8 Å². The topological polar surface area (TPSA) is 12.5 Å². The second kappa shape index (κ2) is 4.57. The molecule has 1 aliphatic carbocycles. The molecule has 2 nitrogen and oxygen atoms in total. The minimum absolute atomic E-state index is 0.0515. The molecule has 1 saturated heterocycles. The normalized spacial score (nSPS) is 40.5. The Hall–Kier alpha value is -0.860. The fourth-order valence-electron chi connectivity index (χ4n) is 4.76. The zero-order valence-corrected chi connectivity index (χ0v) is 13.4. The molecule has 2 aliphatic rings. The van der Waals surface area contributed by atoms with Crippen LogP contribution in [0.15, 0.2) is 30.3 Å². The van der Waals surface area contributed by atoms with Crippen molar-refractivity contribution in [3.05, 3.63) is 35.9 Å². The lowest BCUT2D eigenvalue weighted by atomic mass is 9.59. The van der Waals surface area contributed by atoms with E-state index in [1.807, 2.05) is 0 Å². The van der Waals surface area contributed by atoms with Gasteiger partial charge in [-0.2, -0.15) is 5.06 Å². The molecule has 1 heterocycles. The molecule has 1 aromatic rings. The standard InChI is InChI=1S/C18H27NO/c1-13-11-18(4,14-9-7-6-8-10-14)12-15-16(13)19(5)20-17(15,2)3/h6-10,13,15-16H,11-12H2,1-5H3. The van der Waals surface area contributed by atoms with Gasteiger partial charge in [-0.1, -0.05) is 44.2 Å². The first kappa shape index (κ1) is 14.1. The summed E-state index contributed by atoms with van der Waals surface area (Å²) in [6.45, 7) is 9.32. The Morgan fingerprint density at radius 2 is 1.75 bits per heavy atom. The molecule has 0 amide bonds. The molecule has 0 radical (unpaired) electrons. The van der Waals surface area contributed by atoms with Crippen molar-refractivity contribution in [2.24, 2.45) is 11.8 Å². The zero-order valence-electron chi connectivity index (χ0n) is 13.4. The summed E-state index contributed by atoms with van der Waals surface area (Å²) in [5, 5.41) is 2.12. The first-order valence-electron chi connectivity index (χ1n) is 7.81. The van der Waals surface area contributed by atoms with E-state index in [1.54, 1.807) is 0 Å². The molecule has 3 rings (SSSR count). The molecule has 1 aromatic carbocycles. The Balaban J connectivity index is 1.95. The lowest BCUT2D eigenvalue weighted by Crippen LogP contribution is -2.48. The van der Waals surface area contributed by atoms with Crippen molar-refractivity contribution < 1.29 is 4.84 Å². The molecule has 0 aromatic heterocycles. The first-order chi connectivity index (χ1) is 9.33. The summed E-state index contributed by atoms with van der Waals surface area (Å²) < 4.78 is 0. The molecule has 0 N–H and O–H groups in total. The van der Waals surface area contributed by atoms with Crippen LogP contribution < -0.4 is 0 Å². The van der Waals surface area contributed by atoms with Gasteiger partial charge in [-0.05, 0) is 43.6 Å². The predicted octanol–water partition coefficient (Wildman–Crippen LogP) is 4.01. The Bertz CT molecular complexity index is 483. The van der Waals surface area contributed by atoms with Crippen molar-refractivity contribution in [1.29, 1.82) is 0 Å². The summed E-state index contributed by atoms with van der Waals surface area (Å²) in [5.74, 6) is 1.26. The van der Waals surface area contributed by atoms with Crippen LogP contribution in [-0.2, 0) is 10.3 Å². The maximum absolute atomic E-state index is 6.13. The van der Waals surface area contributed by atoms with Gasteiger partial charge in [-0.15, -0.1) is 0 Å². The number of rotatable bonds is 1. The van der Waals surface area contributed by atoms with E-state index >= 15 is 0 Å². The van der Waals surface area contributed by atoms with E-state index < -0.39 is 0 Å². The third-order valence-electron chi connectivity index (χ3n) is 5.60. The Labute approximate surface area is 123 Å². The summed E-state index contributed by atoms with van der Waals surface area (Å²) in [4.78, 5) is 6.13. The molecular weight excluding hydrogens is 246 g/mol. The molecule has 20 heavy (non-hydrogen) atoms. The monoisotopic (exact) mass is 273 g/mol. The number of fused-ring (bicyclic) bond motifs is 1. The molecule has 110 valence electrons. The average Bonchev–Trinajstić information content (AvgIpc) is 2.60. The maximum Gasteiger partial charge on any atom is 0.0887 e. The van der Waals surface area contributed by atoms with Crippen LogP contribution in [0.2, 0.25) is 0 Å². The zero-order chi connectivity index (χ0) is 14.5. The van der Waals surface area contributed by atoms with Gasteiger partial charge in [-0.25, -0.2) is 0 Å². The second-order valence-electron chi connectivity index (χ2n) is 7.65. The van der Waals surface area contributed by atoms with E-state index in [4.69, 9.17) is 4.84 Å². The Morgan fingerprint density at radius 3 is 2.40 bits per heavy atom. The van der Waals surface area contributed by atoms with Gasteiger partial charge in [0.25, 0.3) is 0 Å². The summed E-state index contributed by atoms with van der Waals surface area (Å²) in [7, 11) is 2.11. The summed E-state index contributed by atoms with van der Waals surface area (Å²) in [5.41, 5.74) is 1.70. The molecule has 2 heteroatoms. The van der Waals surface area contributed by atoms with E-state index in [-0.39, 0.29) is 11.0 Å². The number of hydrogen-bond acceptors (Lipinski definition) is 2. The van der Waals surface area contributed by atoms with Gasteiger partial charge >= 0.3 is 0 Å². The van der Waals surface area contributed by atoms with Gasteiger partial charge in [0.2, 0.25) is 0 Å². The van der Waals surface area contributed by atoms with Crippen molar-refractivity contribution in [1.82, 2.24) is 5.06 Å². The third-order valence-corrected chi connectivity index (χ3v) is 5.60. The first-order valence-corrected chi connectivity index (χ1v) is 7.81. The van der Waals surface area contributed by atoms with Crippen LogP contribution >= 0.6 is 0 Å². The van der Waals surface area contributed by atoms with Crippen LogP contribution in [0, 0.1) is 11.8 Å². The second-order valence-corrected chi connectivity index (χ2v) is 7.65. The summed E-state index contributed by atoms with van der Waals surface area (Å²) >= 11 is 0. The van der Waals surface area contributed by atoms with Gasteiger partial charge in [0, 0.05) is 19.0 Å². The molecule has 4 unspecified atom stereocenters. The van der Waals surface area contributed by atoms with Crippen molar-refractivity contribution in [2.45, 2.75) is 57.6 Å². The van der Waals surface area contributed by atoms with Crippen molar-refractivity contribution in [2.75, 3.05) is 7.05 Å². The van der Waals surface area contributed by atoms with Gasteiger partial charge in [0.15, 0.2) is 0 Å². The molecule has 2 fully saturated rings. The molecular formula is C18H27NO. The minimum Gasteiger partial charge on any atom is -0.293 e. The summed E-state index contributed by atoms with van der Waals surface area (Å²) in [6.07, 6.45) is 2.45. The van der Waals surface area contributed by atoms with E-state index in [0.717, 1.165) is 0 Å². The van der Waals surface area contributed by atoms with E-state index in [0.29, 0.717) is 17.9 Å². The Morgan fingerprint density at radius 1 is 1.10 bits per heavy atom. The summed E-state index contributed by atoms with van der Waals surface area (Å²) in [6, 6.07) is 11.6. The van der Waals surface area contributed by atoms with Crippen molar-refractivity contribution >= 4 is 0 Å². The van der Waals surface area contributed by atoms with Crippen LogP contribution in [0.25, 0.3) is 0 Å². The quantitative estimate of drug-likeness (QED) is 0.766. The van der Waals surface area contributed by atoms with Gasteiger partial charge in [0.1, 0.15) is 0 Å². The molecule has 1 aliphatic heterocycles. The lowest BCUT2D eigenvalue weighted by Gasteiger charge is -2.46. The third kappa shape index (κ3) is 2.10. The van der Waals surface area contributed by atoms with Crippen molar-refractivity contribution in [3.8, 4) is 0 Å². The number of hydrogen-bond donors (Lipinski definition) is 0. The molecule has 0 spiro atoms. The lowest BCUT2D eigenvalue weighted by molar-refractivity contribution is -0.182. The predicted molar refractivity (Wildman–Crippen MR) is 82.4 cm³/mol. The molecule has 4 atom stereocenters. The highest BCUT2D eigenvalue weighted by atomic mass is 16.7. The van der Waals surface area contributed by atoms with Gasteiger partial charge < -0.3 is 0 Å². The van der Waals surface area contributed by atoms with Gasteiger partial charge in [0.05, 0.1) is 5.60 Å². The van der Waals surface area contributed by atoms with E-state index in [2.05, 4.69) is 70.1 Å². The molecule has 1 saturated carbocycles. The fourth-order valence-corrected chi connectivity index (χ4v) is 4.76. The van der Waals surface area contributed by atoms with Crippen LogP contribution in [0.5, 0.6) is 0 Å². The van der Waals surface area contributed by atoms with Crippen LogP contribution in [0.3, 0.4) is 0 Å². The number of nitrogens with zero attached hydrogens (tertiary/aromatic N) is 1. The molecule has 0 bridgehead atoms. The minimum atomic E-state index is -0.0515. The van der Waals surface area contributed by atoms with Crippen molar-refractivity contribution in [3.63, 3.8) is 0 Å². The largest absolute Gasteiger partial charge is 0.293 e.